The van der Waals surface area contributed by atoms with Crippen LogP contribution in [-0.2, 0) is 5.41 Å². The van der Waals surface area contributed by atoms with E-state index in [1.165, 1.54) is 12.1 Å². The van der Waals surface area contributed by atoms with Gasteiger partial charge in [0.2, 0.25) is 17.4 Å². The van der Waals surface area contributed by atoms with Gasteiger partial charge in [-0.1, -0.05) is 38.1 Å². The van der Waals surface area contributed by atoms with Crippen LogP contribution in [0.4, 0.5) is 17.6 Å². The molecule has 0 unspecified atom stereocenters. The van der Waals surface area contributed by atoms with Crippen LogP contribution in [-0.4, -0.2) is 7.11 Å². The molecule has 0 spiro atoms. The van der Waals surface area contributed by atoms with Crippen molar-refractivity contribution >= 4 is 0 Å². The van der Waals surface area contributed by atoms with E-state index >= 15 is 0 Å². The Kier molecular flexibility index (Phi) is 5.55. The highest BCUT2D eigenvalue weighted by Gasteiger charge is 2.26. The first-order valence-electron chi connectivity index (χ1n) is 8.92. The molecular formula is C23H20F4O2. The summed E-state index contributed by atoms with van der Waals surface area (Å²) in [4.78, 5) is 0. The Hall–Kier alpha value is -3.02. The van der Waals surface area contributed by atoms with E-state index in [0.717, 1.165) is 23.8 Å². The molecule has 0 atom stereocenters. The molecule has 2 nitrogen and oxygen atoms in total. The second-order valence-corrected chi connectivity index (χ2v) is 7.19. The fourth-order valence-corrected chi connectivity index (χ4v) is 3.04. The van der Waals surface area contributed by atoms with Crippen molar-refractivity contribution in [1.29, 1.82) is 0 Å². The molecular weight excluding hydrogens is 384 g/mol. The molecule has 3 aromatic carbocycles. The highest BCUT2D eigenvalue weighted by Crippen LogP contribution is 2.36. The molecule has 0 heterocycles. The zero-order valence-corrected chi connectivity index (χ0v) is 16.4. The molecule has 0 saturated heterocycles. The molecule has 0 aliphatic heterocycles. The van der Waals surface area contributed by atoms with Crippen LogP contribution in [0.15, 0.2) is 48.5 Å². The van der Waals surface area contributed by atoms with Gasteiger partial charge in [-0.15, -0.1) is 0 Å². The average Bonchev–Trinajstić information content (AvgIpc) is 2.74. The van der Waals surface area contributed by atoms with Gasteiger partial charge in [-0.3, -0.25) is 0 Å². The molecule has 0 aliphatic carbocycles. The normalized spacial score (nSPS) is 11.4. The third-order valence-electron chi connectivity index (χ3n) is 5.05. The lowest BCUT2D eigenvalue weighted by Crippen LogP contribution is -2.18. The van der Waals surface area contributed by atoms with E-state index in [-0.39, 0.29) is 11.2 Å². The first-order chi connectivity index (χ1) is 13.7. The molecule has 0 aromatic heterocycles. The van der Waals surface area contributed by atoms with E-state index in [1.807, 2.05) is 38.1 Å². The van der Waals surface area contributed by atoms with Crippen LogP contribution >= 0.6 is 0 Å². The van der Waals surface area contributed by atoms with Crippen LogP contribution in [0.25, 0.3) is 0 Å². The molecule has 0 fully saturated rings. The van der Waals surface area contributed by atoms with Crippen LogP contribution in [0.2, 0.25) is 0 Å². The second-order valence-electron chi connectivity index (χ2n) is 7.19. The second kappa shape index (κ2) is 7.78. The first kappa shape index (κ1) is 20.7. The van der Waals surface area contributed by atoms with E-state index in [1.54, 1.807) is 19.2 Å². The third kappa shape index (κ3) is 3.79. The van der Waals surface area contributed by atoms with Crippen molar-refractivity contribution in [2.45, 2.75) is 26.2 Å². The number of hydrogen-bond acceptors (Lipinski definition) is 2. The quantitative estimate of drug-likeness (QED) is 0.349. The summed E-state index contributed by atoms with van der Waals surface area (Å²) >= 11 is 0. The molecule has 0 aliphatic rings. The molecule has 3 rings (SSSR count). The lowest BCUT2D eigenvalue weighted by Gasteiger charge is -2.26. The van der Waals surface area contributed by atoms with Crippen molar-refractivity contribution in [1.82, 2.24) is 0 Å². The maximum absolute atomic E-state index is 14.0. The summed E-state index contributed by atoms with van der Waals surface area (Å²) in [6.07, 6.45) is 0. The van der Waals surface area contributed by atoms with Gasteiger partial charge in [0.1, 0.15) is 11.5 Å². The Morgan fingerprint density at radius 1 is 0.655 bits per heavy atom. The monoisotopic (exact) mass is 404 g/mol. The summed E-state index contributed by atoms with van der Waals surface area (Å²) in [6.45, 7) is 5.00. The molecule has 152 valence electrons. The number of methoxy groups -OCH3 is 1. The molecule has 0 bridgehead atoms. The number of hydrogen-bond donors (Lipinski definition) is 0. The van der Waals surface area contributed by atoms with E-state index < -0.39 is 34.6 Å². The van der Waals surface area contributed by atoms with Crippen LogP contribution in [0, 0.1) is 30.2 Å². The van der Waals surface area contributed by atoms with Crippen molar-refractivity contribution in [3.05, 3.63) is 88.5 Å². The zero-order chi connectivity index (χ0) is 21.3. The summed E-state index contributed by atoms with van der Waals surface area (Å²) in [6, 6.07) is 14.1. The van der Waals surface area contributed by atoms with Gasteiger partial charge in [-0.25, -0.2) is 8.78 Å². The van der Waals surface area contributed by atoms with Gasteiger partial charge in [-0.2, -0.15) is 8.78 Å². The highest BCUT2D eigenvalue weighted by molar-refractivity contribution is 5.43. The average molecular weight is 404 g/mol. The largest absolute Gasteiger partial charge is 0.497 e. The minimum absolute atomic E-state index is 0.0553. The lowest BCUT2D eigenvalue weighted by atomic mass is 9.78. The Balaban J connectivity index is 1.89. The molecule has 0 saturated carbocycles. The summed E-state index contributed by atoms with van der Waals surface area (Å²) < 4.78 is 65.8. The van der Waals surface area contributed by atoms with Crippen LogP contribution in [0.5, 0.6) is 17.2 Å². The molecule has 6 heteroatoms. The first-order valence-corrected chi connectivity index (χ1v) is 8.92. The maximum Gasteiger partial charge on any atom is 0.204 e. The summed E-state index contributed by atoms with van der Waals surface area (Å²) in [5.74, 6) is -6.39. The van der Waals surface area contributed by atoms with Gasteiger partial charge in [0, 0.05) is 11.0 Å². The van der Waals surface area contributed by atoms with Crippen LogP contribution < -0.4 is 9.47 Å². The summed E-state index contributed by atoms with van der Waals surface area (Å²) in [5, 5.41) is 0. The molecule has 0 amide bonds. The van der Waals surface area contributed by atoms with Gasteiger partial charge in [-0.05, 0) is 42.3 Å². The number of ether oxygens (including phenoxy) is 2. The van der Waals surface area contributed by atoms with E-state index in [0.29, 0.717) is 0 Å². The van der Waals surface area contributed by atoms with Crippen LogP contribution in [0.1, 0.15) is 30.5 Å². The fourth-order valence-electron chi connectivity index (χ4n) is 3.04. The third-order valence-corrected chi connectivity index (χ3v) is 5.05. The number of rotatable bonds is 5. The van der Waals surface area contributed by atoms with Gasteiger partial charge in [0.25, 0.3) is 0 Å². The van der Waals surface area contributed by atoms with E-state index in [2.05, 4.69) is 0 Å². The molecule has 0 N–H and O–H groups in total. The Morgan fingerprint density at radius 3 is 1.48 bits per heavy atom. The predicted molar refractivity (Wildman–Crippen MR) is 103 cm³/mol. The minimum Gasteiger partial charge on any atom is -0.497 e. The standard InChI is InChI=1S/C23H20F4O2/c1-13-18(24)20(26)22(21(27)19(13)25)29-17-11-7-15(8-12-17)23(2,3)14-5-9-16(28-4)10-6-14/h5-12H,1-4H3. The fraction of sp³-hybridized carbons (Fsp3) is 0.217. The van der Waals surface area contributed by atoms with Gasteiger partial charge < -0.3 is 9.47 Å². The smallest absolute Gasteiger partial charge is 0.204 e. The predicted octanol–water partition coefficient (Wildman–Crippen LogP) is 6.68. The van der Waals surface area contributed by atoms with Gasteiger partial charge >= 0.3 is 0 Å². The highest BCUT2D eigenvalue weighted by atomic mass is 19.2. The molecule has 29 heavy (non-hydrogen) atoms. The zero-order valence-electron chi connectivity index (χ0n) is 16.4. The Bertz CT molecular complexity index is 997. The van der Waals surface area contributed by atoms with E-state index in [9.17, 15) is 17.6 Å². The van der Waals surface area contributed by atoms with Crippen molar-refractivity contribution < 1.29 is 27.0 Å². The molecule has 3 aromatic rings. The van der Waals surface area contributed by atoms with E-state index in [4.69, 9.17) is 9.47 Å². The van der Waals surface area contributed by atoms with Crippen molar-refractivity contribution in [2.24, 2.45) is 0 Å². The van der Waals surface area contributed by atoms with Crippen molar-refractivity contribution in [3.63, 3.8) is 0 Å². The number of benzene rings is 3. The lowest BCUT2D eigenvalue weighted by molar-refractivity contribution is 0.362. The minimum atomic E-state index is -1.57. The SMILES string of the molecule is COc1ccc(C(C)(C)c2ccc(Oc3c(F)c(F)c(C)c(F)c3F)cc2)cc1. The Morgan fingerprint density at radius 2 is 1.07 bits per heavy atom. The maximum atomic E-state index is 14.0. The topological polar surface area (TPSA) is 18.5 Å². The summed E-state index contributed by atoms with van der Waals surface area (Å²) in [7, 11) is 1.59. The van der Waals surface area contributed by atoms with Crippen molar-refractivity contribution in [2.75, 3.05) is 7.11 Å². The number of halogens is 4. The van der Waals surface area contributed by atoms with Crippen LogP contribution in [0.3, 0.4) is 0 Å². The van der Waals surface area contributed by atoms with Gasteiger partial charge in [0.05, 0.1) is 7.11 Å². The Labute approximate surface area is 166 Å². The van der Waals surface area contributed by atoms with Gasteiger partial charge in [0.15, 0.2) is 11.6 Å². The summed E-state index contributed by atoms with van der Waals surface area (Å²) in [5.41, 5.74) is 0.844. The van der Waals surface area contributed by atoms with Crippen molar-refractivity contribution in [3.8, 4) is 17.2 Å². The molecule has 0 radical (unpaired) electrons.